The monoisotopic (exact) mass is 241 g/mol. The van der Waals surface area contributed by atoms with Gasteiger partial charge in [-0.1, -0.05) is 18.3 Å². The molecule has 0 radical (unpaired) electrons. The maximum absolute atomic E-state index is 11.6. The number of hydrazine groups is 1. The molecule has 8 heteroatoms. The average molecular weight is 241 g/mol. The standard InChI is InChI=1S/C8H11N5O2S/c1-4-2-6(14)13(7(4)15)3-5-11-12-8(10-9)16-5/h4H,2-3,9H2,1H3,(H,10,12). The third-order valence-corrected chi connectivity index (χ3v) is 3.19. The third-order valence-electron chi connectivity index (χ3n) is 2.35. The fraction of sp³-hybridized carbons (Fsp3) is 0.500. The molecule has 3 N–H and O–H groups in total. The number of nitrogens with two attached hydrogens (primary N) is 1. The molecule has 7 nitrogen and oxygen atoms in total. The van der Waals surface area contributed by atoms with Gasteiger partial charge >= 0.3 is 0 Å². The number of carbonyl (C=O) groups is 2. The molecule has 0 aromatic carbocycles. The summed E-state index contributed by atoms with van der Waals surface area (Å²) in [5.41, 5.74) is 2.36. The summed E-state index contributed by atoms with van der Waals surface area (Å²) in [5, 5.41) is 8.60. The predicted octanol–water partition coefficient (Wildman–Crippen LogP) is -0.281. The van der Waals surface area contributed by atoms with Crippen molar-refractivity contribution in [2.45, 2.75) is 19.9 Å². The van der Waals surface area contributed by atoms with E-state index in [4.69, 9.17) is 5.84 Å². The number of nitrogens with one attached hydrogen (secondary N) is 1. The van der Waals surface area contributed by atoms with Crippen molar-refractivity contribution in [2.75, 3.05) is 5.43 Å². The van der Waals surface area contributed by atoms with Crippen LogP contribution in [-0.2, 0) is 16.1 Å². The van der Waals surface area contributed by atoms with Gasteiger partial charge in [0.2, 0.25) is 16.9 Å². The highest BCUT2D eigenvalue weighted by molar-refractivity contribution is 7.15. The molecule has 86 valence electrons. The lowest BCUT2D eigenvalue weighted by molar-refractivity contribution is -0.139. The summed E-state index contributed by atoms with van der Waals surface area (Å²) in [6, 6.07) is 0. The summed E-state index contributed by atoms with van der Waals surface area (Å²) in [4.78, 5) is 24.3. The molecule has 1 unspecified atom stereocenters. The minimum atomic E-state index is -0.229. The van der Waals surface area contributed by atoms with Crippen LogP contribution < -0.4 is 11.3 Å². The molecule has 1 aliphatic rings. The number of hydrogen-bond donors (Lipinski definition) is 2. The summed E-state index contributed by atoms with van der Waals surface area (Å²) < 4.78 is 0. The second-order valence-corrected chi connectivity index (χ2v) is 4.63. The first-order chi connectivity index (χ1) is 7.61. The highest BCUT2D eigenvalue weighted by Crippen LogP contribution is 2.23. The zero-order valence-corrected chi connectivity index (χ0v) is 9.45. The van der Waals surface area contributed by atoms with E-state index in [9.17, 15) is 9.59 Å². The zero-order valence-electron chi connectivity index (χ0n) is 8.64. The fourth-order valence-corrected chi connectivity index (χ4v) is 2.16. The van der Waals surface area contributed by atoms with Gasteiger partial charge in [-0.05, 0) is 0 Å². The van der Waals surface area contributed by atoms with Crippen molar-refractivity contribution in [3.05, 3.63) is 5.01 Å². The van der Waals surface area contributed by atoms with Crippen LogP contribution in [0.3, 0.4) is 0 Å². The molecule has 0 aliphatic carbocycles. The molecule has 1 aliphatic heterocycles. The number of carbonyl (C=O) groups excluding carboxylic acids is 2. The summed E-state index contributed by atoms with van der Waals surface area (Å²) >= 11 is 1.22. The van der Waals surface area contributed by atoms with Crippen molar-refractivity contribution in [3.63, 3.8) is 0 Å². The predicted molar refractivity (Wildman–Crippen MR) is 57.1 cm³/mol. The first-order valence-electron chi connectivity index (χ1n) is 4.75. The number of nitrogen functional groups attached to an aromatic ring is 1. The van der Waals surface area contributed by atoms with Crippen molar-refractivity contribution < 1.29 is 9.59 Å². The number of anilines is 1. The number of likely N-dealkylation sites (tertiary alicyclic amines) is 1. The number of amides is 2. The molecule has 1 fully saturated rings. The zero-order chi connectivity index (χ0) is 11.7. The van der Waals surface area contributed by atoms with E-state index in [2.05, 4.69) is 15.6 Å². The summed E-state index contributed by atoms with van der Waals surface area (Å²) in [6.45, 7) is 1.93. The number of rotatable bonds is 3. The van der Waals surface area contributed by atoms with Gasteiger partial charge in [0, 0.05) is 12.3 Å². The van der Waals surface area contributed by atoms with Gasteiger partial charge in [-0.25, -0.2) is 5.84 Å². The van der Waals surface area contributed by atoms with Crippen molar-refractivity contribution in [1.29, 1.82) is 0 Å². The number of imide groups is 1. The topological polar surface area (TPSA) is 101 Å². The van der Waals surface area contributed by atoms with Crippen LogP contribution in [0.4, 0.5) is 5.13 Å². The summed E-state index contributed by atoms with van der Waals surface area (Å²) in [6.07, 6.45) is 0.277. The molecule has 2 rings (SSSR count). The Hall–Kier alpha value is -1.54. The average Bonchev–Trinajstić information content (AvgIpc) is 2.80. The normalized spacial score (nSPS) is 20.6. The van der Waals surface area contributed by atoms with E-state index >= 15 is 0 Å². The molecule has 16 heavy (non-hydrogen) atoms. The van der Waals surface area contributed by atoms with Gasteiger partial charge in [0.15, 0.2) is 0 Å². The van der Waals surface area contributed by atoms with Crippen molar-refractivity contribution in [1.82, 2.24) is 15.1 Å². The Balaban J connectivity index is 2.09. The minimum absolute atomic E-state index is 0.151. The van der Waals surface area contributed by atoms with Crippen LogP contribution in [-0.4, -0.2) is 26.9 Å². The first kappa shape index (κ1) is 11.0. The van der Waals surface area contributed by atoms with Crippen LogP contribution in [0.1, 0.15) is 18.4 Å². The number of hydrogen-bond acceptors (Lipinski definition) is 7. The minimum Gasteiger partial charge on any atom is -0.298 e. The van der Waals surface area contributed by atoms with Gasteiger partial charge in [-0.2, -0.15) is 0 Å². The van der Waals surface area contributed by atoms with E-state index in [0.717, 1.165) is 0 Å². The lowest BCUT2D eigenvalue weighted by Crippen LogP contribution is -2.29. The Morgan fingerprint density at radius 1 is 1.56 bits per heavy atom. The van der Waals surface area contributed by atoms with Gasteiger partial charge in [0.25, 0.3) is 0 Å². The Morgan fingerprint density at radius 2 is 2.31 bits per heavy atom. The molecule has 1 aromatic rings. The summed E-state index contributed by atoms with van der Waals surface area (Å²) in [5.74, 6) is 4.62. The highest BCUT2D eigenvalue weighted by atomic mass is 32.1. The van der Waals surface area contributed by atoms with E-state index < -0.39 is 0 Å². The second kappa shape index (κ2) is 4.14. The maximum atomic E-state index is 11.6. The Kier molecular flexibility index (Phi) is 2.84. The Labute approximate surface area is 95.6 Å². The van der Waals surface area contributed by atoms with E-state index in [1.165, 1.54) is 16.2 Å². The first-order valence-corrected chi connectivity index (χ1v) is 5.56. The molecule has 0 saturated carbocycles. The summed E-state index contributed by atoms with van der Waals surface area (Å²) in [7, 11) is 0. The smallest absolute Gasteiger partial charge is 0.232 e. The maximum Gasteiger partial charge on any atom is 0.232 e. The lowest BCUT2D eigenvalue weighted by Gasteiger charge is -2.11. The Morgan fingerprint density at radius 3 is 2.81 bits per heavy atom. The van der Waals surface area contributed by atoms with E-state index in [0.29, 0.717) is 10.1 Å². The number of aromatic nitrogens is 2. The van der Waals surface area contributed by atoms with Crippen LogP contribution >= 0.6 is 11.3 Å². The van der Waals surface area contributed by atoms with Crippen LogP contribution in [0.15, 0.2) is 0 Å². The van der Waals surface area contributed by atoms with Crippen LogP contribution in [0.25, 0.3) is 0 Å². The molecule has 0 spiro atoms. The van der Waals surface area contributed by atoms with Gasteiger partial charge in [0.05, 0.1) is 6.54 Å². The Bertz CT molecular complexity index is 432. The molecule has 1 saturated heterocycles. The van der Waals surface area contributed by atoms with Crippen LogP contribution in [0.5, 0.6) is 0 Å². The second-order valence-electron chi connectivity index (χ2n) is 3.57. The van der Waals surface area contributed by atoms with Gasteiger partial charge < -0.3 is 0 Å². The van der Waals surface area contributed by atoms with Crippen LogP contribution in [0, 0.1) is 5.92 Å². The van der Waals surface area contributed by atoms with Gasteiger partial charge in [0.1, 0.15) is 5.01 Å². The molecular formula is C8H11N5O2S. The van der Waals surface area contributed by atoms with E-state index in [1.54, 1.807) is 6.92 Å². The lowest BCUT2D eigenvalue weighted by atomic mass is 10.1. The van der Waals surface area contributed by atoms with Crippen molar-refractivity contribution >= 4 is 28.3 Å². The molecule has 2 amide bonds. The number of nitrogens with zero attached hydrogens (tertiary/aromatic N) is 3. The van der Waals surface area contributed by atoms with Gasteiger partial charge in [-0.15, -0.1) is 10.2 Å². The molecule has 1 atom stereocenters. The largest absolute Gasteiger partial charge is 0.298 e. The van der Waals surface area contributed by atoms with Gasteiger partial charge in [-0.3, -0.25) is 19.9 Å². The third kappa shape index (κ3) is 1.89. The molecule has 2 heterocycles. The van der Waals surface area contributed by atoms with Crippen molar-refractivity contribution in [3.8, 4) is 0 Å². The molecule has 0 bridgehead atoms. The van der Waals surface area contributed by atoms with Crippen LogP contribution in [0.2, 0.25) is 0 Å². The quantitative estimate of drug-likeness (QED) is 0.429. The highest BCUT2D eigenvalue weighted by Gasteiger charge is 2.35. The van der Waals surface area contributed by atoms with Crippen molar-refractivity contribution in [2.24, 2.45) is 11.8 Å². The fourth-order valence-electron chi connectivity index (χ4n) is 1.53. The van der Waals surface area contributed by atoms with E-state index in [1.807, 2.05) is 0 Å². The molecular weight excluding hydrogens is 230 g/mol. The SMILES string of the molecule is CC1CC(=O)N(Cc2nnc(NN)s2)C1=O. The van der Waals surface area contributed by atoms with E-state index in [-0.39, 0.29) is 30.7 Å². The molecule has 1 aromatic heterocycles.